The molecule has 0 aliphatic carbocycles. The minimum atomic E-state index is -0.305. The fourth-order valence-electron chi connectivity index (χ4n) is 2.79. The maximum Gasteiger partial charge on any atom is 0.231 e. The molecule has 1 aromatic heterocycles. The van der Waals surface area contributed by atoms with Gasteiger partial charge in [-0.25, -0.2) is 0 Å². The highest BCUT2D eigenvalue weighted by molar-refractivity contribution is 5.85. The molecule has 23 heavy (non-hydrogen) atoms. The summed E-state index contributed by atoms with van der Waals surface area (Å²) in [6.07, 6.45) is 0.817. The molecule has 2 aromatic rings. The molecular weight excluding hydrogens is 294 g/mol. The summed E-state index contributed by atoms with van der Waals surface area (Å²) < 4.78 is 16.6. The Morgan fingerprint density at radius 3 is 2.91 bits per heavy atom. The lowest BCUT2D eigenvalue weighted by molar-refractivity contribution is -0.124. The largest absolute Gasteiger partial charge is 0.492 e. The number of furan rings is 1. The quantitative estimate of drug-likeness (QED) is 0.890. The van der Waals surface area contributed by atoms with Crippen LogP contribution in [0, 0.1) is 0 Å². The van der Waals surface area contributed by atoms with Crippen molar-refractivity contribution in [1.29, 1.82) is 0 Å². The van der Waals surface area contributed by atoms with E-state index < -0.39 is 0 Å². The number of carbonyl (C=O) groups excluding carboxylic acids is 1. The molecule has 2 heterocycles. The fourth-order valence-corrected chi connectivity index (χ4v) is 2.79. The Balaban J connectivity index is 1.74. The van der Waals surface area contributed by atoms with Crippen molar-refractivity contribution in [2.24, 2.45) is 0 Å². The first kappa shape index (κ1) is 15.6. The number of rotatable bonds is 6. The van der Waals surface area contributed by atoms with Crippen molar-refractivity contribution >= 4 is 5.91 Å². The molecule has 122 valence electrons. The van der Waals surface area contributed by atoms with Gasteiger partial charge in [-0.05, 0) is 18.2 Å². The Labute approximate surface area is 135 Å². The molecule has 0 saturated heterocycles. The standard InChI is InChI=1S/C18H21NO4/c1-3-12-8-9-17(23-12)15(11-21-2)19-18(20)14-10-22-16-7-5-4-6-13(14)16/h4-9,14-15H,3,10-11H2,1-2H3,(H,19,20)/t14-,15-/m1/s1. The number of amides is 1. The van der Waals surface area contributed by atoms with E-state index in [1.165, 1.54) is 0 Å². The van der Waals surface area contributed by atoms with Gasteiger partial charge in [0.2, 0.25) is 5.91 Å². The van der Waals surface area contributed by atoms with Crippen molar-refractivity contribution in [3.63, 3.8) is 0 Å². The maximum atomic E-state index is 12.7. The summed E-state index contributed by atoms with van der Waals surface area (Å²) in [6, 6.07) is 11.2. The van der Waals surface area contributed by atoms with E-state index >= 15 is 0 Å². The SMILES string of the molecule is CCc1ccc([C@@H](COC)NC(=O)[C@@H]2COc3ccccc32)o1. The van der Waals surface area contributed by atoms with Crippen LogP contribution in [-0.2, 0) is 16.0 Å². The van der Waals surface area contributed by atoms with Crippen molar-refractivity contribution in [2.75, 3.05) is 20.3 Å². The van der Waals surface area contributed by atoms with Crippen LogP contribution in [0.3, 0.4) is 0 Å². The average Bonchev–Trinajstić information content (AvgIpc) is 3.21. The number of hydrogen-bond donors (Lipinski definition) is 1. The zero-order valence-electron chi connectivity index (χ0n) is 13.4. The van der Waals surface area contributed by atoms with Gasteiger partial charge in [-0.15, -0.1) is 0 Å². The van der Waals surface area contributed by atoms with E-state index in [4.69, 9.17) is 13.9 Å². The Kier molecular flexibility index (Phi) is 4.67. The van der Waals surface area contributed by atoms with Crippen LogP contribution in [0.15, 0.2) is 40.8 Å². The highest BCUT2D eigenvalue weighted by Crippen LogP contribution is 2.34. The zero-order chi connectivity index (χ0) is 16.2. The van der Waals surface area contributed by atoms with Gasteiger partial charge in [0, 0.05) is 19.1 Å². The molecule has 3 rings (SSSR count). The maximum absolute atomic E-state index is 12.7. The van der Waals surface area contributed by atoms with Gasteiger partial charge in [0.1, 0.15) is 35.8 Å². The Morgan fingerprint density at radius 1 is 1.35 bits per heavy atom. The summed E-state index contributed by atoms with van der Waals surface area (Å²) in [5.74, 6) is 2.01. The summed E-state index contributed by atoms with van der Waals surface area (Å²) in [5, 5.41) is 3.02. The molecule has 5 heteroatoms. The Bertz CT molecular complexity index is 679. The number of nitrogens with one attached hydrogen (secondary N) is 1. The normalized spacial score (nSPS) is 17.4. The smallest absolute Gasteiger partial charge is 0.231 e. The van der Waals surface area contributed by atoms with Gasteiger partial charge in [-0.1, -0.05) is 25.1 Å². The number of fused-ring (bicyclic) bond motifs is 1. The summed E-state index contributed by atoms with van der Waals surface area (Å²) in [6.45, 7) is 2.75. The zero-order valence-corrected chi connectivity index (χ0v) is 13.4. The van der Waals surface area contributed by atoms with Crippen LogP contribution in [0.4, 0.5) is 0 Å². The first-order chi connectivity index (χ1) is 11.2. The lowest BCUT2D eigenvalue weighted by Crippen LogP contribution is -2.35. The second-order valence-electron chi connectivity index (χ2n) is 5.58. The number of para-hydroxylation sites is 1. The first-order valence-corrected chi connectivity index (χ1v) is 7.82. The summed E-state index contributed by atoms with van der Waals surface area (Å²) in [7, 11) is 1.61. The van der Waals surface area contributed by atoms with Crippen molar-refractivity contribution in [1.82, 2.24) is 5.32 Å². The molecule has 0 saturated carbocycles. The van der Waals surface area contributed by atoms with Crippen molar-refractivity contribution in [2.45, 2.75) is 25.3 Å². The monoisotopic (exact) mass is 315 g/mol. The van der Waals surface area contributed by atoms with Gasteiger partial charge in [0.05, 0.1) is 6.61 Å². The van der Waals surface area contributed by atoms with E-state index in [0.717, 1.165) is 23.5 Å². The van der Waals surface area contributed by atoms with Crippen LogP contribution in [-0.4, -0.2) is 26.2 Å². The minimum Gasteiger partial charge on any atom is -0.492 e. The number of ether oxygens (including phenoxy) is 2. The highest BCUT2D eigenvalue weighted by atomic mass is 16.5. The Hall–Kier alpha value is -2.27. The fraction of sp³-hybridized carbons (Fsp3) is 0.389. The van der Waals surface area contributed by atoms with Crippen molar-refractivity contribution in [3.8, 4) is 5.75 Å². The second-order valence-corrected chi connectivity index (χ2v) is 5.58. The van der Waals surface area contributed by atoms with E-state index in [0.29, 0.717) is 19.0 Å². The molecule has 0 fully saturated rings. The third-order valence-electron chi connectivity index (χ3n) is 4.04. The van der Waals surface area contributed by atoms with Gasteiger partial charge in [-0.3, -0.25) is 4.79 Å². The average molecular weight is 315 g/mol. The third kappa shape index (κ3) is 3.24. The molecule has 0 radical (unpaired) electrons. The lowest BCUT2D eigenvalue weighted by atomic mass is 10.00. The molecule has 2 atom stereocenters. The molecule has 1 aliphatic heterocycles. The van der Waals surface area contributed by atoms with Crippen LogP contribution >= 0.6 is 0 Å². The number of methoxy groups -OCH3 is 1. The van der Waals surface area contributed by atoms with Gasteiger partial charge < -0.3 is 19.2 Å². The highest BCUT2D eigenvalue weighted by Gasteiger charge is 2.32. The summed E-state index contributed by atoms with van der Waals surface area (Å²) in [4.78, 5) is 12.7. The third-order valence-corrected chi connectivity index (χ3v) is 4.04. The van der Waals surface area contributed by atoms with Gasteiger partial charge in [-0.2, -0.15) is 0 Å². The van der Waals surface area contributed by atoms with Crippen molar-refractivity contribution in [3.05, 3.63) is 53.5 Å². The van der Waals surface area contributed by atoms with Crippen LogP contribution in [0.1, 0.15) is 36.0 Å². The molecule has 1 amide bonds. The van der Waals surface area contributed by atoms with Crippen molar-refractivity contribution < 1.29 is 18.7 Å². The van der Waals surface area contributed by atoms with E-state index in [1.807, 2.05) is 43.3 Å². The molecule has 0 spiro atoms. The van der Waals surface area contributed by atoms with Crippen LogP contribution < -0.4 is 10.1 Å². The van der Waals surface area contributed by atoms with E-state index in [9.17, 15) is 4.79 Å². The second kappa shape index (κ2) is 6.87. The first-order valence-electron chi connectivity index (χ1n) is 7.82. The number of carbonyl (C=O) groups is 1. The molecule has 0 unspecified atom stereocenters. The van der Waals surface area contributed by atoms with E-state index in [1.54, 1.807) is 7.11 Å². The molecule has 5 nitrogen and oxygen atoms in total. The van der Waals surface area contributed by atoms with Gasteiger partial charge in [0.15, 0.2) is 0 Å². The van der Waals surface area contributed by atoms with Crippen LogP contribution in [0.5, 0.6) is 5.75 Å². The predicted octanol–water partition coefficient (Wildman–Crippen LogP) is 2.82. The molecule has 1 aromatic carbocycles. The van der Waals surface area contributed by atoms with Crippen LogP contribution in [0.25, 0.3) is 0 Å². The van der Waals surface area contributed by atoms with Gasteiger partial charge >= 0.3 is 0 Å². The minimum absolute atomic E-state index is 0.0774. The molecular formula is C18H21NO4. The van der Waals surface area contributed by atoms with E-state index in [-0.39, 0.29) is 17.9 Å². The molecule has 1 aliphatic rings. The summed E-state index contributed by atoms with van der Waals surface area (Å²) in [5.41, 5.74) is 0.926. The predicted molar refractivity (Wildman–Crippen MR) is 85.5 cm³/mol. The van der Waals surface area contributed by atoms with Gasteiger partial charge in [0.25, 0.3) is 0 Å². The molecule has 0 bridgehead atoms. The lowest BCUT2D eigenvalue weighted by Gasteiger charge is -2.18. The summed E-state index contributed by atoms with van der Waals surface area (Å²) >= 11 is 0. The van der Waals surface area contributed by atoms with Crippen LogP contribution in [0.2, 0.25) is 0 Å². The number of hydrogen-bond acceptors (Lipinski definition) is 4. The number of benzene rings is 1. The topological polar surface area (TPSA) is 60.7 Å². The number of aryl methyl sites for hydroxylation is 1. The molecule has 1 N–H and O–H groups in total. The van der Waals surface area contributed by atoms with E-state index in [2.05, 4.69) is 5.32 Å². The Morgan fingerprint density at radius 2 is 2.17 bits per heavy atom.